The van der Waals surface area contributed by atoms with Crippen molar-refractivity contribution in [1.29, 1.82) is 0 Å². The van der Waals surface area contributed by atoms with E-state index in [-0.39, 0.29) is 73.2 Å². The van der Waals surface area contributed by atoms with E-state index in [9.17, 15) is 28.8 Å². The first-order valence-electron chi connectivity index (χ1n) is 11.8. The molecule has 4 heterocycles. The molecule has 3 N–H and O–H groups in total. The Kier molecular flexibility index (Phi) is 5.37. The summed E-state index contributed by atoms with van der Waals surface area (Å²) in [7, 11) is 0. The van der Waals surface area contributed by atoms with E-state index in [2.05, 4.69) is 16.0 Å². The van der Waals surface area contributed by atoms with Crippen LogP contribution in [-0.4, -0.2) is 76.6 Å². The average Bonchev–Trinajstić information content (AvgIpc) is 3.26. The van der Waals surface area contributed by atoms with Gasteiger partial charge in [-0.3, -0.25) is 34.2 Å². The zero-order valence-corrected chi connectivity index (χ0v) is 18.4. The predicted octanol–water partition coefficient (Wildman–Crippen LogP) is -0.743. The lowest BCUT2D eigenvalue weighted by atomic mass is 9.67. The Hall–Kier alpha value is -2.98. The molecule has 3 atom stereocenters. The number of hydrogen-bond donors (Lipinski definition) is 3. The largest absolute Gasteiger partial charge is 0.356 e. The molecule has 0 aromatic heterocycles. The van der Waals surface area contributed by atoms with Crippen LogP contribution in [0.3, 0.4) is 0 Å². The monoisotopic (exact) mass is 459 g/mol. The summed E-state index contributed by atoms with van der Waals surface area (Å²) in [5, 5.41) is 7.84. The zero-order valence-electron chi connectivity index (χ0n) is 18.4. The van der Waals surface area contributed by atoms with Crippen LogP contribution in [0.2, 0.25) is 0 Å². The molecule has 0 aromatic rings. The summed E-state index contributed by atoms with van der Waals surface area (Å²) < 4.78 is 0. The summed E-state index contributed by atoms with van der Waals surface area (Å²) in [4.78, 5) is 75.5. The number of amides is 7. The minimum absolute atomic E-state index is 0.0420. The molecule has 0 radical (unpaired) electrons. The van der Waals surface area contributed by atoms with Crippen molar-refractivity contribution < 1.29 is 28.8 Å². The highest BCUT2D eigenvalue weighted by Gasteiger charge is 2.57. The Morgan fingerprint density at radius 3 is 2.42 bits per heavy atom. The number of carbonyl (C=O) groups excluding carboxylic acids is 6. The molecule has 33 heavy (non-hydrogen) atoms. The Morgan fingerprint density at radius 2 is 1.79 bits per heavy atom. The average molecular weight is 460 g/mol. The molecule has 4 saturated heterocycles. The van der Waals surface area contributed by atoms with Crippen LogP contribution < -0.4 is 16.0 Å². The van der Waals surface area contributed by atoms with Crippen molar-refractivity contribution in [3.05, 3.63) is 0 Å². The Bertz CT molecular complexity index is 912. The fourth-order valence-electron chi connectivity index (χ4n) is 6.22. The van der Waals surface area contributed by atoms with Crippen molar-refractivity contribution in [3.8, 4) is 0 Å². The molecule has 178 valence electrons. The third kappa shape index (κ3) is 3.87. The molecule has 11 heteroatoms. The molecule has 6 rings (SSSR count). The number of nitrogens with zero attached hydrogens (tertiary/aromatic N) is 2. The number of carbonyl (C=O) groups is 6. The zero-order chi connectivity index (χ0) is 23.3. The SMILES string of the molecule is O=C1NC(=O)C2(CC(C(=O)NCC3CC4CCC3N(C(=O)CCN3C(=O)CCC3=O)C4)C2)N1. The molecule has 3 unspecified atom stereocenters. The van der Waals surface area contributed by atoms with Gasteiger partial charge in [0.2, 0.25) is 23.6 Å². The van der Waals surface area contributed by atoms with Crippen LogP contribution in [0.5, 0.6) is 0 Å². The normalized spacial score (nSPS) is 35.0. The molecule has 2 aliphatic carbocycles. The highest BCUT2D eigenvalue weighted by atomic mass is 16.2. The Labute approximate surface area is 191 Å². The second kappa shape index (κ2) is 8.11. The van der Waals surface area contributed by atoms with Gasteiger partial charge in [0.15, 0.2) is 0 Å². The van der Waals surface area contributed by atoms with Crippen LogP contribution in [0.25, 0.3) is 0 Å². The van der Waals surface area contributed by atoms with E-state index in [0.717, 1.165) is 19.3 Å². The number of likely N-dealkylation sites (tertiary alicyclic amines) is 1. The van der Waals surface area contributed by atoms with Gasteiger partial charge in [0.05, 0.1) is 0 Å². The summed E-state index contributed by atoms with van der Waals surface area (Å²) in [6, 6.07) is -0.472. The maximum absolute atomic E-state index is 12.9. The second-order valence-electron chi connectivity index (χ2n) is 10.1. The van der Waals surface area contributed by atoms with E-state index >= 15 is 0 Å². The van der Waals surface area contributed by atoms with Gasteiger partial charge in [-0.1, -0.05) is 0 Å². The lowest BCUT2D eigenvalue weighted by Crippen LogP contribution is -2.61. The first kappa shape index (κ1) is 21.8. The quantitative estimate of drug-likeness (QED) is 0.352. The van der Waals surface area contributed by atoms with E-state index in [1.165, 1.54) is 4.90 Å². The third-order valence-electron chi connectivity index (χ3n) is 8.04. The summed E-state index contributed by atoms with van der Waals surface area (Å²) in [6.07, 6.45) is 4.07. The van der Waals surface area contributed by atoms with Crippen LogP contribution in [0.1, 0.15) is 51.4 Å². The van der Waals surface area contributed by atoms with Crippen LogP contribution in [-0.2, 0) is 24.0 Å². The number of fused-ring (bicyclic) bond motifs is 3. The number of urea groups is 1. The molecule has 4 aliphatic heterocycles. The molecule has 6 aliphatic rings. The number of hydrogen-bond acceptors (Lipinski definition) is 6. The highest BCUT2D eigenvalue weighted by molar-refractivity contribution is 6.08. The molecule has 2 saturated carbocycles. The lowest BCUT2D eigenvalue weighted by Gasteiger charge is -2.50. The van der Waals surface area contributed by atoms with E-state index < -0.39 is 11.6 Å². The first-order chi connectivity index (χ1) is 15.8. The van der Waals surface area contributed by atoms with Gasteiger partial charge in [0.1, 0.15) is 5.54 Å². The topological polar surface area (TPSA) is 145 Å². The highest BCUT2D eigenvalue weighted by Crippen LogP contribution is 2.41. The van der Waals surface area contributed by atoms with E-state index in [4.69, 9.17) is 0 Å². The predicted molar refractivity (Wildman–Crippen MR) is 112 cm³/mol. The van der Waals surface area contributed by atoms with Crippen LogP contribution >= 0.6 is 0 Å². The van der Waals surface area contributed by atoms with Gasteiger partial charge in [-0.05, 0) is 43.9 Å². The molecule has 7 amide bonds. The molecule has 11 nitrogen and oxygen atoms in total. The number of nitrogens with one attached hydrogen (secondary N) is 3. The fraction of sp³-hybridized carbons (Fsp3) is 0.727. The summed E-state index contributed by atoms with van der Waals surface area (Å²) in [5.41, 5.74) is -0.940. The molecule has 6 fully saturated rings. The Morgan fingerprint density at radius 1 is 1.06 bits per heavy atom. The smallest absolute Gasteiger partial charge is 0.322 e. The Balaban J connectivity index is 1.12. The van der Waals surface area contributed by atoms with Crippen molar-refractivity contribution >= 4 is 35.6 Å². The molecule has 2 bridgehead atoms. The maximum Gasteiger partial charge on any atom is 0.322 e. The van der Waals surface area contributed by atoms with Crippen molar-refractivity contribution in [1.82, 2.24) is 25.8 Å². The number of rotatable bonds is 6. The summed E-state index contributed by atoms with van der Waals surface area (Å²) >= 11 is 0. The van der Waals surface area contributed by atoms with E-state index in [0.29, 0.717) is 31.8 Å². The molecule has 0 aromatic carbocycles. The van der Waals surface area contributed by atoms with Crippen molar-refractivity contribution in [3.63, 3.8) is 0 Å². The van der Waals surface area contributed by atoms with Gasteiger partial charge >= 0.3 is 6.03 Å². The number of piperidine rings is 2. The van der Waals surface area contributed by atoms with Crippen LogP contribution in [0, 0.1) is 17.8 Å². The second-order valence-corrected chi connectivity index (χ2v) is 10.1. The summed E-state index contributed by atoms with van der Waals surface area (Å²) in [5.74, 6) is -0.723. The third-order valence-corrected chi connectivity index (χ3v) is 8.04. The molecular weight excluding hydrogens is 430 g/mol. The minimum atomic E-state index is -0.940. The van der Waals surface area contributed by atoms with Gasteiger partial charge < -0.3 is 15.5 Å². The number of imide groups is 2. The van der Waals surface area contributed by atoms with Crippen LogP contribution in [0.4, 0.5) is 4.79 Å². The first-order valence-corrected chi connectivity index (χ1v) is 11.8. The summed E-state index contributed by atoms with van der Waals surface area (Å²) in [6.45, 7) is 1.30. The fourth-order valence-corrected chi connectivity index (χ4v) is 6.22. The van der Waals surface area contributed by atoms with Crippen molar-refractivity contribution in [2.45, 2.75) is 62.9 Å². The van der Waals surface area contributed by atoms with Gasteiger partial charge in [-0.25, -0.2) is 4.79 Å². The molecular formula is C22H29N5O6. The standard InChI is InChI=1S/C22H29N5O6/c28-16-3-4-17(29)26(16)6-5-18(30)27-11-12-1-2-15(27)13(7-12)10-23-19(31)14-8-22(9-14)20(32)24-21(33)25-22/h12-15H,1-11H2,(H,23,31)(H2,24,25,32,33). The van der Waals surface area contributed by atoms with Crippen molar-refractivity contribution in [2.24, 2.45) is 17.8 Å². The van der Waals surface area contributed by atoms with Gasteiger partial charge in [-0.2, -0.15) is 0 Å². The van der Waals surface area contributed by atoms with Crippen LogP contribution in [0.15, 0.2) is 0 Å². The van der Waals surface area contributed by atoms with Gasteiger partial charge in [0, 0.05) is 50.9 Å². The lowest BCUT2D eigenvalue weighted by molar-refractivity contribution is -0.143. The van der Waals surface area contributed by atoms with Gasteiger partial charge in [-0.15, -0.1) is 0 Å². The molecule has 1 spiro atoms. The maximum atomic E-state index is 12.9. The van der Waals surface area contributed by atoms with Gasteiger partial charge in [0.25, 0.3) is 5.91 Å². The minimum Gasteiger partial charge on any atom is -0.356 e. The van der Waals surface area contributed by atoms with E-state index in [1.807, 2.05) is 4.90 Å². The van der Waals surface area contributed by atoms with E-state index in [1.54, 1.807) is 0 Å². The van der Waals surface area contributed by atoms with Crippen molar-refractivity contribution in [2.75, 3.05) is 19.6 Å².